The summed E-state index contributed by atoms with van der Waals surface area (Å²) in [4.78, 5) is 24.0. The molecule has 0 spiro atoms. The molecule has 1 saturated heterocycles. The van der Waals surface area contributed by atoms with Crippen molar-refractivity contribution >= 4 is 17.3 Å². The standard InChI is InChI=1S/C14H16N2O4/c17-14(18)11-8-9-7-10(16(19)20)4-5-12(9)15-6-2-1-3-13(11)15/h4-5,7,11,13H,1-3,6,8H2,(H,17,18)/t11-,13-/m1/s1. The maximum Gasteiger partial charge on any atom is 0.308 e. The molecular formula is C14H16N2O4. The van der Waals surface area contributed by atoms with Crippen LogP contribution in [0.5, 0.6) is 0 Å². The molecule has 2 aliphatic heterocycles. The molecule has 0 aliphatic carbocycles. The molecule has 0 unspecified atom stereocenters. The second-order valence-corrected chi connectivity index (χ2v) is 5.48. The number of non-ortho nitro benzene ring substituents is 1. The number of rotatable bonds is 2. The third-order valence-corrected chi connectivity index (χ3v) is 4.35. The molecule has 1 fully saturated rings. The van der Waals surface area contributed by atoms with Gasteiger partial charge in [0.15, 0.2) is 0 Å². The van der Waals surface area contributed by atoms with Gasteiger partial charge in [0.25, 0.3) is 5.69 Å². The molecule has 0 amide bonds. The van der Waals surface area contributed by atoms with Crippen LogP contribution in [0.15, 0.2) is 18.2 Å². The number of carbonyl (C=O) groups is 1. The zero-order valence-corrected chi connectivity index (χ0v) is 11.0. The second kappa shape index (κ2) is 4.77. The van der Waals surface area contributed by atoms with E-state index in [0.29, 0.717) is 6.42 Å². The first kappa shape index (κ1) is 12.9. The van der Waals surface area contributed by atoms with Crippen LogP contribution in [0.25, 0.3) is 0 Å². The summed E-state index contributed by atoms with van der Waals surface area (Å²) < 4.78 is 0. The number of carboxylic acids is 1. The van der Waals surface area contributed by atoms with Gasteiger partial charge in [0.05, 0.1) is 10.8 Å². The van der Waals surface area contributed by atoms with E-state index in [0.717, 1.165) is 37.1 Å². The van der Waals surface area contributed by atoms with E-state index < -0.39 is 16.8 Å². The number of fused-ring (bicyclic) bond motifs is 3. The van der Waals surface area contributed by atoms with Crippen LogP contribution in [0.2, 0.25) is 0 Å². The van der Waals surface area contributed by atoms with Crippen LogP contribution in [-0.4, -0.2) is 28.6 Å². The predicted octanol–water partition coefficient (Wildman–Crippen LogP) is 2.21. The summed E-state index contributed by atoms with van der Waals surface area (Å²) >= 11 is 0. The monoisotopic (exact) mass is 276 g/mol. The summed E-state index contributed by atoms with van der Waals surface area (Å²) in [7, 11) is 0. The largest absolute Gasteiger partial charge is 0.481 e. The van der Waals surface area contributed by atoms with Crippen LogP contribution in [0.4, 0.5) is 11.4 Å². The molecule has 3 rings (SSSR count). The summed E-state index contributed by atoms with van der Waals surface area (Å²) in [5.74, 6) is -1.27. The molecule has 0 bridgehead atoms. The Morgan fingerprint density at radius 2 is 2.20 bits per heavy atom. The second-order valence-electron chi connectivity index (χ2n) is 5.48. The lowest BCUT2D eigenvalue weighted by molar-refractivity contribution is -0.384. The number of aliphatic carboxylic acids is 1. The van der Waals surface area contributed by atoms with Gasteiger partial charge in [-0.05, 0) is 37.3 Å². The van der Waals surface area contributed by atoms with Gasteiger partial charge in [0, 0.05) is 30.4 Å². The maximum absolute atomic E-state index is 11.5. The first-order chi connectivity index (χ1) is 9.58. The van der Waals surface area contributed by atoms with Crippen molar-refractivity contribution in [2.75, 3.05) is 11.4 Å². The molecule has 0 radical (unpaired) electrons. The Bertz CT molecular complexity index is 572. The molecule has 6 nitrogen and oxygen atoms in total. The van der Waals surface area contributed by atoms with Crippen LogP contribution in [0.3, 0.4) is 0 Å². The summed E-state index contributed by atoms with van der Waals surface area (Å²) in [5.41, 5.74) is 1.78. The fourth-order valence-corrected chi connectivity index (χ4v) is 3.43. The van der Waals surface area contributed by atoms with Crippen LogP contribution in [0, 0.1) is 16.0 Å². The number of carboxylic acid groups (broad SMARTS) is 1. The molecule has 6 heteroatoms. The summed E-state index contributed by atoms with van der Waals surface area (Å²) in [6.07, 6.45) is 3.35. The highest BCUT2D eigenvalue weighted by Crippen LogP contribution is 2.39. The van der Waals surface area contributed by atoms with Crippen molar-refractivity contribution in [1.82, 2.24) is 0 Å². The molecule has 20 heavy (non-hydrogen) atoms. The highest BCUT2D eigenvalue weighted by Gasteiger charge is 2.39. The Morgan fingerprint density at radius 1 is 1.40 bits per heavy atom. The highest BCUT2D eigenvalue weighted by atomic mass is 16.6. The topological polar surface area (TPSA) is 83.7 Å². The number of piperidine rings is 1. The lowest BCUT2D eigenvalue weighted by Crippen LogP contribution is -2.50. The summed E-state index contributed by atoms with van der Waals surface area (Å²) in [6.45, 7) is 0.833. The minimum Gasteiger partial charge on any atom is -0.481 e. The van der Waals surface area contributed by atoms with Crippen molar-refractivity contribution in [3.8, 4) is 0 Å². The van der Waals surface area contributed by atoms with Gasteiger partial charge in [0.2, 0.25) is 0 Å². The molecule has 1 aromatic rings. The molecule has 2 heterocycles. The maximum atomic E-state index is 11.5. The first-order valence-electron chi connectivity index (χ1n) is 6.84. The Morgan fingerprint density at radius 3 is 2.90 bits per heavy atom. The van der Waals surface area contributed by atoms with Crippen molar-refractivity contribution in [1.29, 1.82) is 0 Å². The molecule has 2 atom stereocenters. The first-order valence-corrected chi connectivity index (χ1v) is 6.84. The quantitative estimate of drug-likeness (QED) is 0.661. The van der Waals surface area contributed by atoms with Crippen LogP contribution < -0.4 is 4.90 Å². The Balaban J connectivity index is 2.04. The molecular weight excluding hydrogens is 260 g/mol. The van der Waals surface area contributed by atoms with Gasteiger partial charge in [0.1, 0.15) is 0 Å². The number of nitrogens with zero attached hydrogens (tertiary/aromatic N) is 2. The van der Waals surface area contributed by atoms with Crippen LogP contribution >= 0.6 is 0 Å². The molecule has 106 valence electrons. The van der Waals surface area contributed by atoms with E-state index in [4.69, 9.17) is 0 Å². The zero-order valence-electron chi connectivity index (χ0n) is 11.0. The Kier molecular flexibility index (Phi) is 3.08. The fourth-order valence-electron chi connectivity index (χ4n) is 3.43. The minimum absolute atomic E-state index is 0.0233. The van der Waals surface area contributed by atoms with Crippen molar-refractivity contribution in [2.24, 2.45) is 5.92 Å². The Hall–Kier alpha value is -2.11. The zero-order chi connectivity index (χ0) is 14.3. The van der Waals surface area contributed by atoms with Crippen molar-refractivity contribution in [2.45, 2.75) is 31.7 Å². The average molecular weight is 276 g/mol. The molecule has 1 N–H and O–H groups in total. The summed E-state index contributed by atoms with van der Waals surface area (Å²) in [6, 6.07) is 4.82. The van der Waals surface area contributed by atoms with Gasteiger partial charge >= 0.3 is 5.97 Å². The minimum atomic E-state index is -0.806. The van der Waals surface area contributed by atoms with Gasteiger partial charge in [-0.1, -0.05) is 0 Å². The fraction of sp³-hybridized carbons (Fsp3) is 0.500. The van der Waals surface area contributed by atoms with E-state index in [2.05, 4.69) is 4.90 Å². The van der Waals surface area contributed by atoms with Gasteiger partial charge in [-0.2, -0.15) is 0 Å². The lowest BCUT2D eigenvalue weighted by Gasteiger charge is -2.45. The normalized spacial score (nSPS) is 24.7. The smallest absolute Gasteiger partial charge is 0.308 e. The number of benzene rings is 1. The van der Waals surface area contributed by atoms with E-state index in [1.54, 1.807) is 6.07 Å². The number of nitro groups is 1. The highest BCUT2D eigenvalue weighted by molar-refractivity contribution is 5.75. The van der Waals surface area contributed by atoms with E-state index in [1.165, 1.54) is 12.1 Å². The third-order valence-electron chi connectivity index (χ3n) is 4.35. The van der Waals surface area contributed by atoms with E-state index >= 15 is 0 Å². The number of nitro benzene ring substituents is 1. The number of anilines is 1. The van der Waals surface area contributed by atoms with Crippen LogP contribution in [-0.2, 0) is 11.2 Å². The van der Waals surface area contributed by atoms with E-state index in [-0.39, 0.29) is 11.7 Å². The Labute approximate surface area is 116 Å². The molecule has 2 aliphatic rings. The van der Waals surface area contributed by atoms with E-state index in [1.807, 2.05) is 0 Å². The van der Waals surface area contributed by atoms with Gasteiger partial charge in [-0.25, -0.2) is 0 Å². The van der Waals surface area contributed by atoms with Crippen molar-refractivity contribution in [3.63, 3.8) is 0 Å². The van der Waals surface area contributed by atoms with Gasteiger partial charge < -0.3 is 10.0 Å². The van der Waals surface area contributed by atoms with Crippen molar-refractivity contribution in [3.05, 3.63) is 33.9 Å². The number of hydrogen-bond acceptors (Lipinski definition) is 4. The average Bonchev–Trinajstić information content (AvgIpc) is 2.45. The molecule has 1 aromatic carbocycles. The van der Waals surface area contributed by atoms with Gasteiger partial charge in [-0.15, -0.1) is 0 Å². The van der Waals surface area contributed by atoms with Crippen LogP contribution in [0.1, 0.15) is 24.8 Å². The third kappa shape index (κ3) is 2.01. The van der Waals surface area contributed by atoms with Gasteiger partial charge in [-0.3, -0.25) is 14.9 Å². The van der Waals surface area contributed by atoms with Crippen molar-refractivity contribution < 1.29 is 14.8 Å². The number of hydrogen-bond donors (Lipinski definition) is 1. The molecule has 0 aromatic heterocycles. The van der Waals surface area contributed by atoms with E-state index in [9.17, 15) is 20.0 Å². The predicted molar refractivity (Wildman–Crippen MR) is 72.9 cm³/mol. The lowest BCUT2D eigenvalue weighted by atomic mass is 9.81. The summed E-state index contributed by atoms with van der Waals surface area (Å²) in [5, 5.41) is 20.3. The SMILES string of the molecule is O=C(O)[C@@H]1Cc2cc([N+](=O)[O-])ccc2N2CCCC[C@H]12. The molecule has 0 saturated carbocycles.